The predicted molar refractivity (Wildman–Crippen MR) is 205 cm³/mol. The van der Waals surface area contributed by atoms with Crippen molar-refractivity contribution in [3.8, 4) is 0 Å². The summed E-state index contributed by atoms with van der Waals surface area (Å²) < 4.78 is 10.5. The normalized spacial score (nSPS) is 13.1. The molecular formula is C43H70O5. The average molecular weight is 667 g/mol. The fourth-order valence-electron chi connectivity index (χ4n) is 4.72. The average Bonchev–Trinajstić information content (AvgIpc) is 3.09. The van der Waals surface area contributed by atoms with Crippen LogP contribution in [0.15, 0.2) is 85.1 Å². The molecule has 48 heavy (non-hydrogen) atoms. The molecule has 5 heteroatoms. The van der Waals surface area contributed by atoms with Crippen LogP contribution in [-0.4, -0.2) is 36.4 Å². The third-order valence-corrected chi connectivity index (χ3v) is 7.66. The summed E-state index contributed by atoms with van der Waals surface area (Å²) in [7, 11) is 0. The number of hydrogen-bond donors (Lipinski definition) is 1. The Kier molecular flexibility index (Phi) is 36.2. The van der Waals surface area contributed by atoms with Crippen molar-refractivity contribution in [3.63, 3.8) is 0 Å². The molecule has 0 aliphatic heterocycles. The number of carbonyl (C=O) groups excluding carboxylic acids is 2. The number of hydrogen-bond acceptors (Lipinski definition) is 5. The van der Waals surface area contributed by atoms with Gasteiger partial charge in [0.2, 0.25) is 0 Å². The summed E-state index contributed by atoms with van der Waals surface area (Å²) in [6, 6.07) is 0. The third-order valence-electron chi connectivity index (χ3n) is 7.66. The van der Waals surface area contributed by atoms with Gasteiger partial charge in [-0.3, -0.25) is 9.59 Å². The monoisotopic (exact) mass is 667 g/mol. The first-order valence-electron chi connectivity index (χ1n) is 19.1. The van der Waals surface area contributed by atoms with E-state index < -0.39 is 6.10 Å². The zero-order valence-electron chi connectivity index (χ0n) is 30.7. The van der Waals surface area contributed by atoms with E-state index in [2.05, 4.69) is 98.9 Å². The van der Waals surface area contributed by atoms with E-state index in [1.54, 1.807) is 0 Å². The Hall–Kier alpha value is -2.92. The molecule has 0 saturated heterocycles. The minimum absolute atomic E-state index is 0.103. The minimum Gasteiger partial charge on any atom is -0.462 e. The lowest BCUT2D eigenvalue weighted by Crippen LogP contribution is -2.28. The highest BCUT2D eigenvalue weighted by Crippen LogP contribution is 2.08. The quantitative estimate of drug-likeness (QED) is 0.0429. The van der Waals surface area contributed by atoms with Gasteiger partial charge in [0.15, 0.2) is 6.10 Å². The molecule has 0 aromatic heterocycles. The summed E-state index contributed by atoms with van der Waals surface area (Å²) in [6.07, 6.45) is 52.1. The van der Waals surface area contributed by atoms with E-state index in [0.717, 1.165) is 77.0 Å². The van der Waals surface area contributed by atoms with Gasteiger partial charge in [-0.1, -0.05) is 131 Å². The Balaban J connectivity index is 3.74. The Labute approximate surface area is 295 Å². The largest absolute Gasteiger partial charge is 0.462 e. The van der Waals surface area contributed by atoms with Crippen LogP contribution in [0.3, 0.4) is 0 Å². The van der Waals surface area contributed by atoms with E-state index in [1.165, 1.54) is 51.4 Å². The summed E-state index contributed by atoms with van der Waals surface area (Å²) in [5.41, 5.74) is 0. The molecule has 5 nitrogen and oxygen atoms in total. The Morgan fingerprint density at radius 1 is 0.479 bits per heavy atom. The number of esters is 2. The first-order valence-corrected chi connectivity index (χ1v) is 19.1. The van der Waals surface area contributed by atoms with Crippen LogP contribution in [0.5, 0.6) is 0 Å². The molecule has 0 saturated carbocycles. The minimum atomic E-state index is -0.809. The van der Waals surface area contributed by atoms with E-state index in [1.807, 2.05) is 0 Å². The zero-order chi connectivity index (χ0) is 35.0. The maximum atomic E-state index is 12.1. The van der Waals surface area contributed by atoms with Gasteiger partial charge in [-0.25, -0.2) is 0 Å². The van der Waals surface area contributed by atoms with Crippen LogP contribution >= 0.6 is 0 Å². The highest BCUT2D eigenvalue weighted by atomic mass is 16.6. The molecule has 0 radical (unpaired) electrons. The SMILES string of the molecule is CCCCCC=CCC=CCC=CCC=CCCCCCC(=O)OCC(CO)OC(=O)CCCCC=CCC=CCC=CCCCCC. The fourth-order valence-corrected chi connectivity index (χ4v) is 4.72. The van der Waals surface area contributed by atoms with Crippen molar-refractivity contribution in [2.24, 2.45) is 0 Å². The van der Waals surface area contributed by atoms with E-state index in [0.29, 0.717) is 12.8 Å². The highest BCUT2D eigenvalue weighted by Gasteiger charge is 2.15. The van der Waals surface area contributed by atoms with Gasteiger partial charge in [0.05, 0.1) is 6.61 Å². The zero-order valence-corrected chi connectivity index (χ0v) is 30.7. The van der Waals surface area contributed by atoms with E-state index in [9.17, 15) is 14.7 Å². The third kappa shape index (κ3) is 35.9. The van der Waals surface area contributed by atoms with Crippen molar-refractivity contribution in [2.75, 3.05) is 13.2 Å². The van der Waals surface area contributed by atoms with E-state index in [4.69, 9.17) is 9.47 Å². The lowest BCUT2D eigenvalue weighted by molar-refractivity contribution is -0.161. The van der Waals surface area contributed by atoms with Crippen molar-refractivity contribution in [2.45, 2.75) is 161 Å². The summed E-state index contributed by atoms with van der Waals surface area (Å²) >= 11 is 0. The smallest absolute Gasteiger partial charge is 0.306 e. The summed E-state index contributed by atoms with van der Waals surface area (Å²) in [4.78, 5) is 24.2. The Bertz CT molecular complexity index is 937. The summed E-state index contributed by atoms with van der Waals surface area (Å²) in [5.74, 6) is -0.681. The fraction of sp³-hybridized carbons (Fsp3) is 0.628. The second kappa shape index (κ2) is 38.5. The van der Waals surface area contributed by atoms with Gasteiger partial charge in [-0.15, -0.1) is 0 Å². The second-order valence-electron chi connectivity index (χ2n) is 12.3. The van der Waals surface area contributed by atoms with Gasteiger partial charge in [-0.2, -0.15) is 0 Å². The molecule has 1 unspecified atom stereocenters. The number of carbonyl (C=O) groups is 2. The van der Waals surface area contributed by atoms with Crippen LogP contribution in [0.1, 0.15) is 155 Å². The van der Waals surface area contributed by atoms with E-state index >= 15 is 0 Å². The van der Waals surface area contributed by atoms with Crippen LogP contribution < -0.4 is 0 Å². The maximum Gasteiger partial charge on any atom is 0.306 e. The van der Waals surface area contributed by atoms with Gasteiger partial charge in [0, 0.05) is 12.8 Å². The molecular weight excluding hydrogens is 596 g/mol. The molecule has 272 valence electrons. The number of unbranched alkanes of at least 4 members (excludes halogenated alkanes) is 11. The second-order valence-corrected chi connectivity index (χ2v) is 12.3. The van der Waals surface area contributed by atoms with Crippen molar-refractivity contribution in [1.82, 2.24) is 0 Å². The lowest BCUT2D eigenvalue weighted by atomic mass is 10.1. The number of ether oxygens (including phenoxy) is 2. The summed E-state index contributed by atoms with van der Waals surface area (Å²) in [5, 5.41) is 9.53. The molecule has 1 N–H and O–H groups in total. The molecule has 0 aromatic carbocycles. The predicted octanol–water partition coefficient (Wildman–Crippen LogP) is 11.9. The molecule has 0 amide bonds. The number of aliphatic hydroxyl groups excluding tert-OH is 1. The lowest BCUT2D eigenvalue weighted by Gasteiger charge is -2.15. The summed E-state index contributed by atoms with van der Waals surface area (Å²) in [6.45, 7) is 4.00. The highest BCUT2D eigenvalue weighted by molar-refractivity contribution is 5.70. The molecule has 0 aliphatic rings. The van der Waals surface area contributed by atoms with Gasteiger partial charge in [0.25, 0.3) is 0 Å². The molecule has 0 fully saturated rings. The van der Waals surface area contributed by atoms with Crippen LogP contribution in [0, 0.1) is 0 Å². The van der Waals surface area contributed by atoms with Gasteiger partial charge in [0.1, 0.15) is 6.61 Å². The number of rotatable bonds is 33. The van der Waals surface area contributed by atoms with Crippen molar-refractivity contribution < 1.29 is 24.2 Å². The molecule has 0 aromatic rings. The van der Waals surface area contributed by atoms with Crippen molar-refractivity contribution in [1.29, 1.82) is 0 Å². The van der Waals surface area contributed by atoms with Gasteiger partial charge < -0.3 is 14.6 Å². The molecule has 0 spiro atoms. The molecule has 0 bridgehead atoms. The topological polar surface area (TPSA) is 72.8 Å². The number of allylic oxidation sites excluding steroid dienone is 14. The first kappa shape index (κ1) is 45.1. The van der Waals surface area contributed by atoms with Crippen LogP contribution in [0.25, 0.3) is 0 Å². The molecule has 0 heterocycles. The Morgan fingerprint density at radius 3 is 1.25 bits per heavy atom. The van der Waals surface area contributed by atoms with Crippen molar-refractivity contribution >= 4 is 11.9 Å². The van der Waals surface area contributed by atoms with Crippen LogP contribution in [0.4, 0.5) is 0 Å². The first-order chi connectivity index (χ1) is 23.6. The van der Waals surface area contributed by atoms with Crippen molar-refractivity contribution in [3.05, 3.63) is 85.1 Å². The molecule has 1 atom stereocenters. The van der Waals surface area contributed by atoms with Crippen LogP contribution in [0.2, 0.25) is 0 Å². The van der Waals surface area contributed by atoms with E-state index in [-0.39, 0.29) is 25.2 Å². The van der Waals surface area contributed by atoms with Gasteiger partial charge >= 0.3 is 11.9 Å². The standard InChI is InChI=1S/C43H70O5/c1-3-5-7-9-11-13-15-17-19-20-21-22-24-25-27-29-31-33-35-37-42(45)47-40-41(39-44)48-43(46)38-36-34-32-30-28-26-23-18-16-14-12-10-8-6-4-2/h11-14,17-19,21-23,25,27-28,30,41,44H,3-10,15-16,20,24,26,29,31-40H2,1-2H3. The maximum absolute atomic E-state index is 12.1. The number of aliphatic hydroxyl groups is 1. The van der Waals surface area contributed by atoms with Crippen LogP contribution in [-0.2, 0) is 19.1 Å². The molecule has 0 aliphatic carbocycles. The molecule has 0 rings (SSSR count). The Morgan fingerprint density at radius 2 is 0.833 bits per heavy atom. The van der Waals surface area contributed by atoms with Gasteiger partial charge in [-0.05, 0) is 96.3 Å².